The van der Waals surface area contributed by atoms with Crippen LogP contribution in [0.2, 0.25) is 0 Å². The fourth-order valence-corrected chi connectivity index (χ4v) is 3.40. The van der Waals surface area contributed by atoms with E-state index in [0.717, 1.165) is 36.2 Å². The van der Waals surface area contributed by atoms with Crippen molar-refractivity contribution in [1.29, 1.82) is 0 Å². The fourth-order valence-electron chi connectivity index (χ4n) is 3.40. The molecule has 2 aromatic carbocycles. The summed E-state index contributed by atoms with van der Waals surface area (Å²) >= 11 is 0. The molecule has 158 valence electrons. The predicted octanol–water partition coefficient (Wildman–Crippen LogP) is 6.07. The average Bonchev–Trinajstić information content (AvgIpc) is 3.18. The second kappa shape index (κ2) is 10.6. The van der Waals surface area contributed by atoms with Crippen LogP contribution < -0.4 is 5.32 Å². The normalized spacial score (nSPS) is 10.8. The summed E-state index contributed by atoms with van der Waals surface area (Å²) in [5, 5.41) is 3.02. The van der Waals surface area contributed by atoms with Crippen molar-refractivity contribution in [3.63, 3.8) is 0 Å². The van der Waals surface area contributed by atoms with Crippen LogP contribution in [-0.2, 0) is 19.5 Å². The van der Waals surface area contributed by atoms with Crippen molar-refractivity contribution in [2.45, 2.75) is 46.2 Å². The van der Waals surface area contributed by atoms with Gasteiger partial charge < -0.3 is 14.8 Å². The van der Waals surface area contributed by atoms with Crippen LogP contribution in [0, 0.1) is 5.82 Å². The Labute approximate surface area is 178 Å². The molecular formula is C25H30FN3O. The molecule has 3 rings (SSSR count). The number of halogens is 1. The highest BCUT2D eigenvalue weighted by Crippen LogP contribution is 2.15. The van der Waals surface area contributed by atoms with E-state index < -0.39 is 0 Å². The standard InChI is InChI=1S/C25H30FN3O/c1-3-5-15-29(25(30)27-23-13-11-20(4-2)12-14-23)19-24-10-7-16-28(24)18-21-8-6-9-22(26)17-21/h6-14,16-17H,3-5,15,18-19H2,1-2H3,(H,27,30). The summed E-state index contributed by atoms with van der Waals surface area (Å²) in [6, 6.07) is 18.5. The van der Waals surface area contributed by atoms with Gasteiger partial charge in [0, 0.05) is 30.7 Å². The molecule has 0 atom stereocenters. The first-order valence-electron chi connectivity index (χ1n) is 10.6. The molecule has 0 fully saturated rings. The van der Waals surface area contributed by atoms with Gasteiger partial charge in [-0.2, -0.15) is 0 Å². The summed E-state index contributed by atoms with van der Waals surface area (Å²) in [6.45, 7) is 5.98. The maximum absolute atomic E-state index is 13.5. The minimum atomic E-state index is -0.237. The van der Waals surface area contributed by atoms with Crippen LogP contribution in [0.25, 0.3) is 0 Å². The summed E-state index contributed by atoms with van der Waals surface area (Å²) in [6.07, 6.45) is 4.89. The Morgan fingerprint density at radius 3 is 2.53 bits per heavy atom. The summed E-state index contributed by atoms with van der Waals surface area (Å²) < 4.78 is 15.6. The Hall–Kier alpha value is -3.08. The molecule has 0 saturated carbocycles. The molecule has 1 heterocycles. The van der Waals surface area contributed by atoms with Gasteiger partial charge in [-0.05, 0) is 60.4 Å². The summed E-state index contributed by atoms with van der Waals surface area (Å²) in [5.74, 6) is -0.237. The number of rotatable bonds is 9. The highest BCUT2D eigenvalue weighted by molar-refractivity contribution is 5.89. The largest absolute Gasteiger partial charge is 0.345 e. The van der Waals surface area contributed by atoms with Crippen molar-refractivity contribution in [3.8, 4) is 0 Å². The Morgan fingerprint density at radius 1 is 1.03 bits per heavy atom. The van der Waals surface area contributed by atoms with Gasteiger partial charge in [0.2, 0.25) is 0 Å². The number of carbonyl (C=O) groups excluding carboxylic acids is 1. The monoisotopic (exact) mass is 407 g/mol. The van der Waals surface area contributed by atoms with Crippen molar-refractivity contribution in [1.82, 2.24) is 9.47 Å². The van der Waals surface area contributed by atoms with Crippen LogP contribution in [-0.4, -0.2) is 22.0 Å². The number of carbonyl (C=O) groups is 1. The van der Waals surface area contributed by atoms with E-state index in [2.05, 4.69) is 23.7 Å². The van der Waals surface area contributed by atoms with E-state index in [1.54, 1.807) is 12.1 Å². The Balaban J connectivity index is 1.71. The molecule has 1 N–H and O–H groups in total. The summed E-state index contributed by atoms with van der Waals surface area (Å²) in [4.78, 5) is 14.8. The van der Waals surface area contributed by atoms with Crippen molar-refractivity contribution in [3.05, 3.63) is 89.5 Å². The quantitative estimate of drug-likeness (QED) is 0.459. The highest BCUT2D eigenvalue weighted by Gasteiger charge is 2.16. The number of anilines is 1. The van der Waals surface area contributed by atoms with Gasteiger partial charge in [-0.1, -0.05) is 44.5 Å². The van der Waals surface area contributed by atoms with Gasteiger partial charge in [0.25, 0.3) is 0 Å². The molecule has 0 aliphatic rings. The van der Waals surface area contributed by atoms with Crippen LogP contribution in [0.3, 0.4) is 0 Å². The van der Waals surface area contributed by atoms with Gasteiger partial charge in [-0.15, -0.1) is 0 Å². The third-order valence-electron chi connectivity index (χ3n) is 5.20. The van der Waals surface area contributed by atoms with Crippen LogP contribution in [0.15, 0.2) is 66.9 Å². The predicted molar refractivity (Wildman–Crippen MR) is 120 cm³/mol. The van der Waals surface area contributed by atoms with E-state index in [1.165, 1.54) is 11.6 Å². The summed E-state index contributed by atoms with van der Waals surface area (Å²) in [5.41, 5.74) is 3.96. The summed E-state index contributed by atoms with van der Waals surface area (Å²) in [7, 11) is 0. The minimum Gasteiger partial charge on any atom is -0.345 e. The maximum atomic E-state index is 13.5. The second-order valence-corrected chi connectivity index (χ2v) is 7.51. The van der Waals surface area contributed by atoms with E-state index >= 15 is 0 Å². The number of nitrogens with one attached hydrogen (secondary N) is 1. The number of amides is 2. The highest BCUT2D eigenvalue weighted by atomic mass is 19.1. The van der Waals surface area contributed by atoms with Crippen molar-refractivity contribution >= 4 is 11.7 Å². The third-order valence-corrected chi connectivity index (χ3v) is 5.20. The molecule has 0 spiro atoms. The Bertz CT molecular complexity index is 949. The SMILES string of the molecule is CCCCN(Cc1cccn1Cc1cccc(F)c1)C(=O)Nc1ccc(CC)cc1. The zero-order valence-corrected chi connectivity index (χ0v) is 17.8. The molecule has 2 amide bonds. The molecule has 0 saturated heterocycles. The molecule has 0 unspecified atom stereocenters. The Morgan fingerprint density at radius 2 is 1.83 bits per heavy atom. The topological polar surface area (TPSA) is 37.3 Å². The minimum absolute atomic E-state index is 0.105. The molecule has 5 heteroatoms. The number of benzene rings is 2. The first kappa shape index (κ1) is 21.6. The number of hydrogen-bond donors (Lipinski definition) is 1. The molecular weight excluding hydrogens is 377 g/mol. The van der Waals surface area contributed by atoms with E-state index in [4.69, 9.17) is 0 Å². The van der Waals surface area contributed by atoms with Gasteiger partial charge in [0.15, 0.2) is 0 Å². The van der Waals surface area contributed by atoms with Crippen LogP contribution in [0.1, 0.15) is 43.5 Å². The first-order valence-corrected chi connectivity index (χ1v) is 10.6. The van der Waals surface area contributed by atoms with Crippen LogP contribution in [0.5, 0.6) is 0 Å². The van der Waals surface area contributed by atoms with E-state index in [0.29, 0.717) is 19.6 Å². The molecule has 0 aliphatic heterocycles. The van der Waals surface area contributed by atoms with Crippen molar-refractivity contribution < 1.29 is 9.18 Å². The average molecular weight is 408 g/mol. The lowest BCUT2D eigenvalue weighted by atomic mass is 10.1. The number of hydrogen-bond acceptors (Lipinski definition) is 1. The molecule has 1 aromatic heterocycles. The molecule has 4 nitrogen and oxygen atoms in total. The number of aryl methyl sites for hydroxylation is 1. The van der Waals surface area contributed by atoms with Crippen LogP contribution in [0.4, 0.5) is 14.9 Å². The maximum Gasteiger partial charge on any atom is 0.322 e. The van der Waals surface area contributed by atoms with Crippen LogP contribution >= 0.6 is 0 Å². The van der Waals surface area contributed by atoms with Gasteiger partial charge in [0.05, 0.1) is 6.54 Å². The lowest BCUT2D eigenvalue weighted by molar-refractivity contribution is 0.207. The van der Waals surface area contributed by atoms with E-state index in [1.807, 2.05) is 53.6 Å². The van der Waals surface area contributed by atoms with Gasteiger partial charge in [0.1, 0.15) is 5.82 Å². The molecule has 3 aromatic rings. The van der Waals surface area contributed by atoms with Gasteiger partial charge in [-0.25, -0.2) is 9.18 Å². The van der Waals surface area contributed by atoms with Gasteiger partial charge in [-0.3, -0.25) is 0 Å². The zero-order valence-electron chi connectivity index (χ0n) is 17.8. The van der Waals surface area contributed by atoms with E-state index in [-0.39, 0.29) is 11.8 Å². The molecule has 0 aliphatic carbocycles. The lowest BCUT2D eigenvalue weighted by Gasteiger charge is -2.24. The second-order valence-electron chi connectivity index (χ2n) is 7.51. The number of aromatic nitrogens is 1. The van der Waals surface area contributed by atoms with Crippen molar-refractivity contribution in [2.24, 2.45) is 0 Å². The smallest absolute Gasteiger partial charge is 0.322 e. The zero-order chi connectivity index (χ0) is 21.3. The van der Waals surface area contributed by atoms with E-state index in [9.17, 15) is 9.18 Å². The molecule has 0 radical (unpaired) electrons. The Kier molecular flexibility index (Phi) is 7.66. The number of urea groups is 1. The molecule has 30 heavy (non-hydrogen) atoms. The number of unbranched alkanes of at least 4 members (excludes halogenated alkanes) is 1. The molecule has 0 bridgehead atoms. The number of nitrogens with zero attached hydrogens (tertiary/aromatic N) is 2. The first-order chi connectivity index (χ1) is 14.6. The third kappa shape index (κ3) is 5.96. The lowest BCUT2D eigenvalue weighted by Crippen LogP contribution is -2.36. The van der Waals surface area contributed by atoms with Gasteiger partial charge >= 0.3 is 6.03 Å². The fraction of sp³-hybridized carbons (Fsp3) is 0.320. The van der Waals surface area contributed by atoms with Crippen molar-refractivity contribution in [2.75, 3.05) is 11.9 Å².